The minimum Gasteiger partial charge on any atom is -0.287 e. The third-order valence-electron chi connectivity index (χ3n) is 5.37. The molecule has 2 aromatic rings. The molecule has 3 nitrogen and oxygen atoms in total. The number of nitrogens with zero attached hydrogens (tertiary/aromatic N) is 1. The first-order valence-electron chi connectivity index (χ1n) is 9.80. The summed E-state index contributed by atoms with van der Waals surface area (Å²) in [4.78, 5) is 11.8. The number of hydrogen-bond donors (Lipinski definition) is 1. The number of unbranched alkanes of at least 4 members (excludes halogenated alkanes) is 2. The third kappa shape index (κ3) is 4.32. The third-order valence-corrected chi connectivity index (χ3v) is 5.37. The highest BCUT2D eigenvalue weighted by molar-refractivity contribution is 5.84. The lowest BCUT2D eigenvalue weighted by molar-refractivity contribution is -0.203. The van der Waals surface area contributed by atoms with E-state index in [1.807, 2.05) is 12.1 Å². The van der Waals surface area contributed by atoms with Crippen LogP contribution in [0.3, 0.4) is 0 Å². The van der Waals surface area contributed by atoms with Crippen LogP contribution in [0.5, 0.6) is 0 Å². The molecule has 2 aromatic carbocycles. The van der Waals surface area contributed by atoms with E-state index in [4.69, 9.17) is 0 Å². The van der Waals surface area contributed by atoms with Crippen LogP contribution >= 0.6 is 0 Å². The van der Waals surface area contributed by atoms with Gasteiger partial charge in [-0.25, -0.2) is 0 Å². The average Bonchev–Trinajstić information content (AvgIpc) is 2.86. The molecule has 0 saturated carbocycles. The van der Waals surface area contributed by atoms with Crippen LogP contribution in [0.15, 0.2) is 36.4 Å². The number of benzene rings is 2. The number of carbonyl (C=O) groups excluding carboxylic acids is 1. The Labute approximate surface area is 163 Å². The van der Waals surface area contributed by atoms with Crippen molar-refractivity contribution in [1.29, 1.82) is 0 Å². The highest BCUT2D eigenvalue weighted by Gasteiger charge is 2.52. The summed E-state index contributed by atoms with van der Waals surface area (Å²) in [6.45, 7) is 5.45. The van der Waals surface area contributed by atoms with Gasteiger partial charge in [0.2, 0.25) is 5.91 Å². The van der Waals surface area contributed by atoms with Gasteiger partial charge in [0.25, 0.3) is 0 Å². The van der Waals surface area contributed by atoms with Gasteiger partial charge in [-0.3, -0.25) is 10.2 Å². The van der Waals surface area contributed by atoms with E-state index in [1.165, 1.54) is 18.1 Å². The molecule has 0 bridgehead atoms. The van der Waals surface area contributed by atoms with Crippen LogP contribution in [0.4, 0.5) is 13.2 Å². The highest BCUT2D eigenvalue weighted by atomic mass is 19.4. The first-order chi connectivity index (χ1) is 13.1. The lowest BCUT2D eigenvalue weighted by atomic mass is 9.95. The molecule has 1 saturated heterocycles. The topological polar surface area (TPSA) is 32.3 Å². The summed E-state index contributed by atoms with van der Waals surface area (Å²) in [5.41, 5.74) is 2.82. The molecule has 1 N–H and O–H groups in total. The zero-order valence-corrected chi connectivity index (χ0v) is 16.6. The van der Waals surface area contributed by atoms with E-state index in [0.29, 0.717) is 0 Å². The lowest BCUT2D eigenvalue weighted by Crippen LogP contribution is -2.51. The fourth-order valence-corrected chi connectivity index (χ4v) is 3.92. The van der Waals surface area contributed by atoms with Crippen molar-refractivity contribution < 1.29 is 18.0 Å². The molecular weight excluding hydrogens is 365 g/mol. The van der Waals surface area contributed by atoms with Gasteiger partial charge in [-0.15, -0.1) is 0 Å². The number of amides is 1. The summed E-state index contributed by atoms with van der Waals surface area (Å²) in [6, 6.07) is 8.91. The molecule has 1 amide bonds. The number of hydrazine groups is 1. The molecule has 152 valence electrons. The number of nitrogens with one attached hydrogen (secondary N) is 1. The first kappa shape index (κ1) is 20.6. The van der Waals surface area contributed by atoms with Gasteiger partial charge in [-0.1, -0.05) is 50.1 Å². The molecule has 1 fully saturated rings. The maximum atomic E-state index is 14.0. The average molecular weight is 392 g/mol. The van der Waals surface area contributed by atoms with Crippen molar-refractivity contribution in [2.45, 2.75) is 70.6 Å². The van der Waals surface area contributed by atoms with E-state index in [2.05, 4.69) is 18.4 Å². The number of carbonyl (C=O) groups is 1. The summed E-state index contributed by atoms with van der Waals surface area (Å²) >= 11 is 0. The van der Waals surface area contributed by atoms with Crippen molar-refractivity contribution in [3.05, 3.63) is 47.5 Å². The Balaban J connectivity index is 1.95. The minimum atomic E-state index is -4.51. The number of hydrogen-bond acceptors (Lipinski definition) is 2. The molecule has 28 heavy (non-hydrogen) atoms. The van der Waals surface area contributed by atoms with Gasteiger partial charge in [-0.2, -0.15) is 18.2 Å². The largest absolute Gasteiger partial charge is 0.409 e. The number of fused-ring (bicyclic) bond motifs is 1. The number of alkyl halides is 3. The molecule has 6 heteroatoms. The van der Waals surface area contributed by atoms with Crippen LogP contribution in [-0.2, 0) is 11.2 Å². The van der Waals surface area contributed by atoms with Gasteiger partial charge < -0.3 is 0 Å². The molecule has 0 unspecified atom stereocenters. The molecule has 0 aromatic heterocycles. The Kier molecular flexibility index (Phi) is 5.71. The number of halogens is 3. The smallest absolute Gasteiger partial charge is 0.287 e. The van der Waals surface area contributed by atoms with Gasteiger partial charge in [-0.05, 0) is 54.7 Å². The van der Waals surface area contributed by atoms with Gasteiger partial charge in [0.1, 0.15) is 0 Å². The Morgan fingerprint density at radius 1 is 1.11 bits per heavy atom. The van der Waals surface area contributed by atoms with Crippen LogP contribution in [0.2, 0.25) is 0 Å². The summed E-state index contributed by atoms with van der Waals surface area (Å²) < 4.78 is 41.9. The molecule has 0 aliphatic carbocycles. The summed E-state index contributed by atoms with van der Waals surface area (Å²) in [6.07, 6.45) is -0.0671. The van der Waals surface area contributed by atoms with Crippen LogP contribution < -0.4 is 5.43 Å². The van der Waals surface area contributed by atoms with Crippen molar-refractivity contribution in [2.24, 2.45) is 0 Å². The Hall–Kier alpha value is -2.08. The van der Waals surface area contributed by atoms with Crippen LogP contribution in [-0.4, -0.2) is 22.6 Å². The first-order valence-corrected chi connectivity index (χ1v) is 9.80. The molecule has 0 spiro atoms. The van der Waals surface area contributed by atoms with Gasteiger partial charge in [0.05, 0.1) is 0 Å². The molecular formula is C22H27F3N2O. The van der Waals surface area contributed by atoms with Crippen molar-refractivity contribution >= 4 is 16.7 Å². The van der Waals surface area contributed by atoms with Crippen molar-refractivity contribution in [3.8, 4) is 0 Å². The van der Waals surface area contributed by atoms with Crippen molar-refractivity contribution in [1.82, 2.24) is 10.4 Å². The van der Waals surface area contributed by atoms with E-state index in [1.54, 1.807) is 26.0 Å². The second-order valence-corrected chi connectivity index (χ2v) is 8.24. The summed E-state index contributed by atoms with van der Waals surface area (Å²) in [5, 5.41) is 2.76. The molecule has 0 radical (unpaired) electrons. The normalized spacial score (nSPS) is 18.4. The van der Waals surface area contributed by atoms with E-state index < -0.39 is 23.7 Å². The monoisotopic (exact) mass is 392 g/mol. The van der Waals surface area contributed by atoms with Crippen molar-refractivity contribution in [2.75, 3.05) is 0 Å². The fraction of sp³-hybridized carbons (Fsp3) is 0.500. The Morgan fingerprint density at radius 2 is 1.79 bits per heavy atom. The van der Waals surface area contributed by atoms with Gasteiger partial charge in [0, 0.05) is 12.0 Å². The second kappa shape index (κ2) is 7.74. The maximum absolute atomic E-state index is 14.0. The quantitative estimate of drug-likeness (QED) is 0.641. The number of rotatable bonds is 6. The standard InChI is InChI=1S/C22H27F3N2O/c1-4-5-6-7-15-8-9-17-13-18(11-10-16(17)12-15)20(22(23,24)25)27-21(2,3)14-19(28)26-27/h8-13,20H,4-7,14H2,1-3H3,(H,26,28)/t20-/m0/s1. The zero-order valence-electron chi connectivity index (χ0n) is 16.6. The fourth-order valence-electron chi connectivity index (χ4n) is 3.92. The van der Waals surface area contributed by atoms with E-state index in [-0.39, 0.29) is 12.0 Å². The van der Waals surface area contributed by atoms with E-state index in [9.17, 15) is 18.0 Å². The Bertz CT molecular complexity index is 860. The second-order valence-electron chi connectivity index (χ2n) is 8.24. The maximum Gasteiger partial charge on any atom is 0.409 e. The van der Waals surface area contributed by atoms with Crippen LogP contribution in [0.1, 0.15) is 63.6 Å². The molecule has 1 aliphatic heterocycles. The summed E-state index contributed by atoms with van der Waals surface area (Å²) in [7, 11) is 0. The predicted molar refractivity (Wildman–Crippen MR) is 105 cm³/mol. The van der Waals surface area contributed by atoms with Crippen LogP contribution in [0.25, 0.3) is 10.8 Å². The van der Waals surface area contributed by atoms with Gasteiger partial charge >= 0.3 is 6.18 Å². The van der Waals surface area contributed by atoms with E-state index >= 15 is 0 Å². The Morgan fingerprint density at radius 3 is 2.39 bits per heavy atom. The predicted octanol–water partition coefficient (Wildman–Crippen LogP) is 5.69. The zero-order chi connectivity index (χ0) is 20.5. The molecule has 1 aliphatic rings. The minimum absolute atomic E-state index is 0.0360. The van der Waals surface area contributed by atoms with Gasteiger partial charge in [0.15, 0.2) is 6.04 Å². The molecule has 1 heterocycles. The molecule has 1 atom stereocenters. The lowest BCUT2D eigenvalue weighted by Gasteiger charge is -2.38. The summed E-state index contributed by atoms with van der Waals surface area (Å²) in [5.74, 6) is -0.392. The number of aryl methyl sites for hydroxylation is 1. The highest BCUT2D eigenvalue weighted by Crippen LogP contribution is 2.43. The molecule has 3 rings (SSSR count). The van der Waals surface area contributed by atoms with Crippen molar-refractivity contribution in [3.63, 3.8) is 0 Å². The van der Waals surface area contributed by atoms with E-state index in [0.717, 1.165) is 35.0 Å². The SMILES string of the molecule is CCCCCc1ccc2cc([C@H](N3NC(=O)CC3(C)C)C(F)(F)F)ccc2c1. The van der Waals surface area contributed by atoms with Crippen LogP contribution in [0, 0.1) is 0 Å².